The molecule has 118 valence electrons. The summed E-state index contributed by atoms with van der Waals surface area (Å²) in [6.07, 6.45) is 0.563. The maximum atomic E-state index is 11.7. The first-order valence-electron chi connectivity index (χ1n) is 7.30. The molecule has 0 aliphatic rings. The zero-order valence-electron chi connectivity index (χ0n) is 13.6. The standard InChI is InChI=1S/C15H30N2O3/c1-10(2)7-12(13(18)19)8-16-14(20)17-9-15(5,6)11(3)4/h10-12H,7-9H2,1-6H3,(H,18,19)(H2,16,17,20). The Hall–Kier alpha value is -1.26. The molecule has 1 atom stereocenters. The van der Waals surface area contributed by atoms with Crippen molar-refractivity contribution < 1.29 is 14.7 Å². The maximum Gasteiger partial charge on any atom is 0.314 e. The highest BCUT2D eigenvalue weighted by Crippen LogP contribution is 2.24. The first-order chi connectivity index (χ1) is 9.06. The Kier molecular flexibility index (Phi) is 7.61. The molecule has 5 heteroatoms. The molecule has 0 rings (SSSR count). The minimum Gasteiger partial charge on any atom is -0.481 e. The molecule has 0 spiro atoms. The lowest BCUT2D eigenvalue weighted by atomic mass is 9.81. The van der Waals surface area contributed by atoms with Crippen LogP contribution in [0.25, 0.3) is 0 Å². The average molecular weight is 286 g/mol. The van der Waals surface area contributed by atoms with Crippen LogP contribution in [0.2, 0.25) is 0 Å². The molecule has 0 saturated heterocycles. The van der Waals surface area contributed by atoms with E-state index in [0.29, 0.717) is 24.8 Å². The van der Waals surface area contributed by atoms with Crippen molar-refractivity contribution in [2.45, 2.75) is 48.0 Å². The Labute approximate surface area is 122 Å². The number of carboxylic acid groups (broad SMARTS) is 1. The van der Waals surface area contributed by atoms with Crippen LogP contribution < -0.4 is 10.6 Å². The number of amides is 2. The van der Waals surface area contributed by atoms with Crippen molar-refractivity contribution in [1.29, 1.82) is 0 Å². The predicted molar refractivity (Wildman–Crippen MR) is 80.6 cm³/mol. The van der Waals surface area contributed by atoms with Gasteiger partial charge in [-0.3, -0.25) is 4.79 Å². The van der Waals surface area contributed by atoms with Crippen molar-refractivity contribution in [2.75, 3.05) is 13.1 Å². The third-order valence-electron chi connectivity index (χ3n) is 3.88. The number of hydrogen-bond donors (Lipinski definition) is 3. The molecule has 1 unspecified atom stereocenters. The SMILES string of the molecule is CC(C)CC(CNC(=O)NCC(C)(C)C(C)C)C(=O)O. The summed E-state index contributed by atoms with van der Waals surface area (Å²) < 4.78 is 0. The highest BCUT2D eigenvalue weighted by molar-refractivity contribution is 5.75. The van der Waals surface area contributed by atoms with Crippen molar-refractivity contribution in [1.82, 2.24) is 10.6 Å². The largest absolute Gasteiger partial charge is 0.481 e. The van der Waals surface area contributed by atoms with E-state index in [1.807, 2.05) is 13.8 Å². The Bertz CT molecular complexity index is 325. The smallest absolute Gasteiger partial charge is 0.314 e. The van der Waals surface area contributed by atoms with Crippen molar-refractivity contribution in [3.63, 3.8) is 0 Å². The van der Waals surface area contributed by atoms with E-state index in [9.17, 15) is 9.59 Å². The van der Waals surface area contributed by atoms with Crippen LogP contribution in [0.4, 0.5) is 4.79 Å². The summed E-state index contributed by atoms with van der Waals surface area (Å²) in [5, 5.41) is 14.6. The van der Waals surface area contributed by atoms with Gasteiger partial charge in [-0.2, -0.15) is 0 Å². The lowest BCUT2D eigenvalue weighted by Crippen LogP contribution is -2.44. The number of hydrogen-bond acceptors (Lipinski definition) is 2. The number of carbonyl (C=O) groups is 2. The Morgan fingerprint density at radius 3 is 2.05 bits per heavy atom. The zero-order chi connectivity index (χ0) is 15.9. The van der Waals surface area contributed by atoms with E-state index in [-0.39, 0.29) is 18.0 Å². The topological polar surface area (TPSA) is 78.4 Å². The number of aliphatic carboxylic acids is 1. The molecule has 3 N–H and O–H groups in total. The molecular weight excluding hydrogens is 256 g/mol. The van der Waals surface area contributed by atoms with Gasteiger partial charge in [0.15, 0.2) is 0 Å². The first-order valence-corrected chi connectivity index (χ1v) is 7.30. The molecule has 0 radical (unpaired) electrons. The Balaban J connectivity index is 4.18. The third-order valence-corrected chi connectivity index (χ3v) is 3.88. The summed E-state index contributed by atoms with van der Waals surface area (Å²) in [6, 6.07) is -0.297. The zero-order valence-corrected chi connectivity index (χ0v) is 13.6. The summed E-state index contributed by atoms with van der Waals surface area (Å²) in [7, 11) is 0. The van der Waals surface area contributed by atoms with E-state index in [2.05, 4.69) is 38.3 Å². The molecule has 5 nitrogen and oxygen atoms in total. The molecule has 0 aromatic rings. The van der Waals surface area contributed by atoms with E-state index in [1.54, 1.807) is 0 Å². The molecule has 0 aliphatic heterocycles. The van der Waals surface area contributed by atoms with Crippen LogP contribution >= 0.6 is 0 Å². The second kappa shape index (κ2) is 8.12. The normalized spacial score (nSPS) is 13.4. The van der Waals surface area contributed by atoms with Gasteiger partial charge in [-0.25, -0.2) is 4.79 Å². The van der Waals surface area contributed by atoms with Crippen LogP contribution in [0.3, 0.4) is 0 Å². The van der Waals surface area contributed by atoms with Crippen molar-refractivity contribution >= 4 is 12.0 Å². The van der Waals surface area contributed by atoms with Crippen LogP contribution in [0.5, 0.6) is 0 Å². The van der Waals surface area contributed by atoms with Gasteiger partial charge in [0.1, 0.15) is 0 Å². The van der Waals surface area contributed by atoms with Crippen LogP contribution in [0.15, 0.2) is 0 Å². The quantitative estimate of drug-likeness (QED) is 0.642. The van der Waals surface area contributed by atoms with Gasteiger partial charge in [0.25, 0.3) is 0 Å². The van der Waals surface area contributed by atoms with Crippen molar-refractivity contribution in [2.24, 2.45) is 23.2 Å². The highest BCUT2D eigenvalue weighted by Gasteiger charge is 2.23. The summed E-state index contributed by atoms with van der Waals surface area (Å²) in [5.41, 5.74) is 0.0153. The van der Waals surface area contributed by atoms with Crippen LogP contribution in [-0.4, -0.2) is 30.2 Å². The molecule has 0 saturated carbocycles. The average Bonchev–Trinajstić information content (AvgIpc) is 2.31. The molecule has 0 heterocycles. The number of carboxylic acids is 1. The van der Waals surface area contributed by atoms with Crippen LogP contribution in [0, 0.1) is 23.2 Å². The second-order valence-corrected chi connectivity index (χ2v) is 6.87. The van der Waals surface area contributed by atoms with Gasteiger partial charge in [0, 0.05) is 13.1 Å². The molecule has 0 bridgehead atoms. The first kappa shape index (κ1) is 18.7. The van der Waals surface area contributed by atoms with E-state index in [0.717, 1.165) is 0 Å². The summed E-state index contributed by atoms with van der Waals surface area (Å²) >= 11 is 0. The van der Waals surface area contributed by atoms with Gasteiger partial charge < -0.3 is 15.7 Å². The van der Waals surface area contributed by atoms with Gasteiger partial charge >= 0.3 is 12.0 Å². The van der Waals surface area contributed by atoms with Gasteiger partial charge in [-0.15, -0.1) is 0 Å². The monoisotopic (exact) mass is 286 g/mol. The van der Waals surface area contributed by atoms with E-state index in [1.165, 1.54) is 0 Å². The van der Waals surface area contributed by atoms with Gasteiger partial charge in [-0.05, 0) is 23.7 Å². The number of nitrogens with one attached hydrogen (secondary N) is 2. The van der Waals surface area contributed by atoms with Crippen LogP contribution in [0.1, 0.15) is 48.0 Å². The molecule has 20 heavy (non-hydrogen) atoms. The molecular formula is C15H30N2O3. The Morgan fingerprint density at radius 2 is 1.65 bits per heavy atom. The second-order valence-electron chi connectivity index (χ2n) is 6.87. The maximum absolute atomic E-state index is 11.7. The van der Waals surface area contributed by atoms with E-state index < -0.39 is 11.9 Å². The fraction of sp³-hybridized carbons (Fsp3) is 0.867. The van der Waals surface area contributed by atoms with Gasteiger partial charge in [0.05, 0.1) is 5.92 Å². The molecule has 2 amide bonds. The molecule has 0 aromatic heterocycles. The summed E-state index contributed by atoms with van der Waals surface area (Å²) in [4.78, 5) is 22.8. The van der Waals surface area contributed by atoms with Crippen molar-refractivity contribution in [3.05, 3.63) is 0 Å². The van der Waals surface area contributed by atoms with E-state index >= 15 is 0 Å². The minimum absolute atomic E-state index is 0.0153. The molecule has 0 aromatic carbocycles. The summed E-state index contributed by atoms with van der Waals surface area (Å²) in [5.74, 6) is -0.642. The minimum atomic E-state index is -0.860. The molecule has 0 fully saturated rings. The van der Waals surface area contributed by atoms with E-state index in [4.69, 9.17) is 5.11 Å². The summed E-state index contributed by atoms with van der Waals surface area (Å²) in [6.45, 7) is 13.1. The number of carbonyl (C=O) groups excluding carboxylic acids is 1. The van der Waals surface area contributed by atoms with Gasteiger partial charge in [0.2, 0.25) is 0 Å². The number of urea groups is 1. The third kappa shape index (κ3) is 7.36. The molecule has 0 aliphatic carbocycles. The lowest BCUT2D eigenvalue weighted by Gasteiger charge is -2.29. The Morgan fingerprint density at radius 1 is 1.10 bits per heavy atom. The van der Waals surface area contributed by atoms with Crippen LogP contribution in [-0.2, 0) is 4.79 Å². The van der Waals surface area contributed by atoms with Crippen molar-refractivity contribution in [3.8, 4) is 0 Å². The lowest BCUT2D eigenvalue weighted by molar-refractivity contribution is -0.142. The number of rotatable bonds is 8. The van der Waals surface area contributed by atoms with Gasteiger partial charge in [-0.1, -0.05) is 41.5 Å². The fourth-order valence-electron chi connectivity index (χ4n) is 1.63. The fourth-order valence-corrected chi connectivity index (χ4v) is 1.63. The predicted octanol–water partition coefficient (Wildman–Crippen LogP) is 2.71. The highest BCUT2D eigenvalue weighted by atomic mass is 16.4.